The number of halogens is 1. The van der Waals surface area contributed by atoms with Crippen LogP contribution in [-0.2, 0) is 6.54 Å². The highest BCUT2D eigenvalue weighted by atomic mass is 79.9. The highest BCUT2D eigenvalue weighted by Crippen LogP contribution is 2.59. The van der Waals surface area contributed by atoms with Crippen molar-refractivity contribution in [2.24, 2.45) is 23.2 Å². The van der Waals surface area contributed by atoms with Crippen LogP contribution < -0.4 is 5.32 Å². The summed E-state index contributed by atoms with van der Waals surface area (Å²) in [7, 11) is 0. The molecule has 0 spiro atoms. The largest absolute Gasteiger partial charge is 0.350 e. The number of hydrogen-bond donors (Lipinski definition) is 1. The lowest BCUT2D eigenvalue weighted by atomic mass is 9.49. The third-order valence-corrected chi connectivity index (χ3v) is 6.63. The van der Waals surface area contributed by atoms with Gasteiger partial charge in [0.2, 0.25) is 0 Å². The standard InChI is InChI=1S/C17H24BrN3O/c1-2-21-9-14(18)15(20-21)16(22)19-10-17-6-11-3-12(7-17)5-13(4-11)8-17/h9,11-13H,2-8,10H2,1H3,(H,19,22). The highest BCUT2D eigenvalue weighted by Gasteiger charge is 2.50. The minimum Gasteiger partial charge on any atom is -0.350 e. The average Bonchev–Trinajstić information content (AvgIpc) is 2.85. The first-order valence-corrected chi connectivity index (χ1v) is 9.37. The fourth-order valence-electron chi connectivity index (χ4n) is 5.57. The molecule has 1 heterocycles. The number of amides is 1. The molecule has 1 N–H and O–H groups in total. The van der Waals surface area contributed by atoms with Crippen molar-refractivity contribution in [1.29, 1.82) is 0 Å². The van der Waals surface area contributed by atoms with Crippen LogP contribution in [0.5, 0.6) is 0 Å². The van der Waals surface area contributed by atoms with Gasteiger partial charge in [-0.15, -0.1) is 0 Å². The van der Waals surface area contributed by atoms with Gasteiger partial charge in [-0.3, -0.25) is 9.48 Å². The third kappa shape index (κ3) is 2.51. The van der Waals surface area contributed by atoms with Gasteiger partial charge in [0.15, 0.2) is 5.69 Å². The van der Waals surface area contributed by atoms with Gasteiger partial charge in [0, 0.05) is 19.3 Å². The van der Waals surface area contributed by atoms with Gasteiger partial charge < -0.3 is 5.32 Å². The molecule has 1 aromatic heterocycles. The van der Waals surface area contributed by atoms with E-state index >= 15 is 0 Å². The molecule has 4 aliphatic rings. The zero-order chi connectivity index (χ0) is 15.3. The second kappa shape index (κ2) is 5.36. The maximum atomic E-state index is 12.5. The van der Waals surface area contributed by atoms with Crippen molar-refractivity contribution in [2.75, 3.05) is 6.54 Å². The quantitative estimate of drug-likeness (QED) is 0.885. The Labute approximate surface area is 140 Å². The van der Waals surface area contributed by atoms with E-state index in [-0.39, 0.29) is 5.91 Å². The molecule has 1 amide bonds. The first kappa shape index (κ1) is 14.7. The molecule has 1 aromatic rings. The van der Waals surface area contributed by atoms with Crippen molar-refractivity contribution in [3.05, 3.63) is 16.4 Å². The minimum atomic E-state index is -0.0326. The number of rotatable bonds is 4. The van der Waals surface area contributed by atoms with E-state index < -0.39 is 0 Å². The fraction of sp³-hybridized carbons (Fsp3) is 0.765. The monoisotopic (exact) mass is 365 g/mol. The van der Waals surface area contributed by atoms with Gasteiger partial charge >= 0.3 is 0 Å². The summed E-state index contributed by atoms with van der Waals surface area (Å²) in [6.07, 6.45) is 10.2. The van der Waals surface area contributed by atoms with Crippen molar-refractivity contribution in [1.82, 2.24) is 15.1 Å². The Morgan fingerprint density at radius 3 is 2.41 bits per heavy atom. The van der Waals surface area contributed by atoms with Crippen molar-refractivity contribution in [3.8, 4) is 0 Å². The second-order valence-corrected chi connectivity index (χ2v) is 8.64. The summed E-state index contributed by atoms with van der Waals surface area (Å²) in [5, 5.41) is 7.54. The Kier molecular flexibility index (Phi) is 3.59. The van der Waals surface area contributed by atoms with Crippen LogP contribution in [0, 0.1) is 23.2 Å². The van der Waals surface area contributed by atoms with E-state index in [1.54, 1.807) is 4.68 Å². The molecular formula is C17H24BrN3O. The Morgan fingerprint density at radius 1 is 1.32 bits per heavy atom. The van der Waals surface area contributed by atoms with E-state index in [4.69, 9.17) is 0 Å². The van der Waals surface area contributed by atoms with E-state index in [1.165, 1.54) is 38.5 Å². The minimum absolute atomic E-state index is 0.0326. The molecule has 0 aliphatic heterocycles. The van der Waals surface area contributed by atoms with E-state index in [0.717, 1.165) is 35.3 Å². The number of carbonyl (C=O) groups is 1. The molecule has 4 bridgehead atoms. The van der Waals surface area contributed by atoms with Crippen molar-refractivity contribution < 1.29 is 4.79 Å². The molecule has 0 atom stereocenters. The molecule has 4 aliphatic carbocycles. The normalized spacial score (nSPS) is 35.8. The van der Waals surface area contributed by atoms with Crippen LogP contribution in [0.4, 0.5) is 0 Å². The lowest BCUT2D eigenvalue weighted by molar-refractivity contribution is -0.0503. The Morgan fingerprint density at radius 2 is 1.91 bits per heavy atom. The van der Waals surface area contributed by atoms with E-state index in [1.807, 2.05) is 13.1 Å². The molecule has 22 heavy (non-hydrogen) atoms. The van der Waals surface area contributed by atoms with E-state index in [0.29, 0.717) is 11.1 Å². The molecule has 0 aromatic carbocycles. The second-order valence-electron chi connectivity index (χ2n) is 7.78. The van der Waals surface area contributed by atoms with Crippen LogP contribution in [0.15, 0.2) is 10.7 Å². The van der Waals surface area contributed by atoms with E-state index in [9.17, 15) is 4.79 Å². The van der Waals surface area contributed by atoms with Crippen molar-refractivity contribution in [3.63, 3.8) is 0 Å². The third-order valence-electron chi connectivity index (χ3n) is 6.05. The maximum absolute atomic E-state index is 12.5. The number of hydrogen-bond acceptors (Lipinski definition) is 2. The number of aryl methyl sites for hydroxylation is 1. The van der Waals surface area contributed by atoms with Crippen LogP contribution in [0.1, 0.15) is 55.9 Å². The Hall–Kier alpha value is -0.840. The molecular weight excluding hydrogens is 342 g/mol. The van der Waals surface area contributed by atoms with Crippen molar-refractivity contribution in [2.45, 2.75) is 52.0 Å². The van der Waals surface area contributed by atoms with Crippen LogP contribution in [0.3, 0.4) is 0 Å². The SMILES string of the molecule is CCn1cc(Br)c(C(=O)NCC23CC4CC(CC(C4)C2)C3)n1. The molecule has 0 radical (unpaired) electrons. The predicted octanol–water partition coefficient (Wildman–Crippen LogP) is 3.61. The topological polar surface area (TPSA) is 46.9 Å². The van der Waals surface area contributed by atoms with Crippen LogP contribution in [0.25, 0.3) is 0 Å². The average molecular weight is 366 g/mol. The molecule has 4 fully saturated rings. The predicted molar refractivity (Wildman–Crippen MR) is 88.5 cm³/mol. The van der Waals surface area contributed by atoms with Gasteiger partial charge in [0.25, 0.3) is 5.91 Å². The van der Waals surface area contributed by atoms with Crippen LogP contribution in [-0.4, -0.2) is 22.2 Å². The van der Waals surface area contributed by atoms with Gasteiger partial charge in [-0.2, -0.15) is 5.10 Å². The summed E-state index contributed by atoms with van der Waals surface area (Å²) < 4.78 is 2.58. The number of aromatic nitrogens is 2. The first-order valence-electron chi connectivity index (χ1n) is 8.58. The van der Waals surface area contributed by atoms with Gasteiger partial charge in [0.05, 0.1) is 4.47 Å². The smallest absolute Gasteiger partial charge is 0.272 e. The van der Waals surface area contributed by atoms with E-state index in [2.05, 4.69) is 26.3 Å². The first-order chi connectivity index (χ1) is 10.6. The van der Waals surface area contributed by atoms with Crippen LogP contribution >= 0.6 is 15.9 Å². The van der Waals surface area contributed by atoms with Gasteiger partial charge in [-0.25, -0.2) is 0 Å². The lowest BCUT2D eigenvalue weighted by Gasteiger charge is -2.56. The summed E-state index contributed by atoms with van der Waals surface area (Å²) in [5.74, 6) is 2.74. The molecule has 4 saturated carbocycles. The molecule has 5 heteroatoms. The Balaban J connectivity index is 1.44. The summed E-state index contributed by atoms with van der Waals surface area (Å²) in [6.45, 7) is 3.64. The lowest BCUT2D eigenvalue weighted by Crippen LogP contribution is -2.51. The van der Waals surface area contributed by atoms with Gasteiger partial charge in [-0.1, -0.05) is 0 Å². The highest BCUT2D eigenvalue weighted by molar-refractivity contribution is 9.10. The molecule has 0 unspecified atom stereocenters. The van der Waals surface area contributed by atoms with Gasteiger partial charge in [0.1, 0.15) is 0 Å². The van der Waals surface area contributed by atoms with Gasteiger partial charge in [-0.05, 0) is 84.5 Å². The van der Waals surface area contributed by atoms with Crippen LogP contribution in [0.2, 0.25) is 0 Å². The summed E-state index contributed by atoms with van der Waals surface area (Å²) >= 11 is 3.45. The molecule has 0 saturated heterocycles. The summed E-state index contributed by atoms with van der Waals surface area (Å²) in [5.41, 5.74) is 0.899. The summed E-state index contributed by atoms with van der Waals surface area (Å²) in [6, 6.07) is 0. The zero-order valence-corrected chi connectivity index (χ0v) is 14.7. The fourth-order valence-corrected chi connectivity index (χ4v) is 6.07. The number of carbonyl (C=O) groups excluding carboxylic acids is 1. The number of nitrogens with one attached hydrogen (secondary N) is 1. The summed E-state index contributed by atoms with van der Waals surface area (Å²) in [4.78, 5) is 12.5. The van der Waals surface area contributed by atoms with Crippen molar-refractivity contribution >= 4 is 21.8 Å². The Bertz CT molecular complexity index is 559. The molecule has 4 nitrogen and oxygen atoms in total. The molecule has 120 valence electrons. The zero-order valence-electron chi connectivity index (χ0n) is 13.1. The number of nitrogens with zero attached hydrogens (tertiary/aromatic N) is 2. The molecule has 5 rings (SSSR count). The maximum Gasteiger partial charge on any atom is 0.272 e.